The number of hydrogen-bond donors (Lipinski definition) is 1. The SMILES string of the molecule is CNC(Cc1ccc(Br)cc1Cl)C(F)(F)F. The first-order valence-electron chi connectivity index (χ1n) is 4.52. The van der Waals surface area contributed by atoms with Crippen LogP contribution >= 0.6 is 27.5 Å². The Hall–Kier alpha value is -0.260. The van der Waals surface area contributed by atoms with Crippen molar-refractivity contribution in [1.29, 1.82) is 0 Å². The molecule has 1 aromatic carbocycles. The van der Waals surface area contributed by atoms with E-state index in [9.17, 15) is 13.2 Å². The van der Waals surface area contributed by atoms with E-state index < -0.39 is 12.2 Å². The first-order chi connectivity index (χ1) is 7.34. The molecule has 0 amide bonds. The monoisotopic (exact) mass is 315 g/mol. The van der Waals surface area contributed by atoms with Crippen molar-refractivity contribution in [3.05, 3.63) is 33.3 Å². The van der Waals surface area contributed by atoms with Gasteiger partial charge in [-0.05, 0) is 31.2 Å². The Labute approximate surface area is 105 Å². The van der Waals surface area contributed by atoms with E-state index in [0.717, 1.165) is 4.47 Å². The van der Waals surface area contributed by atoms with Gasteiger partial charge in [0.25, 0.3) is 0 Å². The molecule has 0 fully saturated rings. The first-order valence-corrected chi connectivity index (χ1v) is 5.69. The lowest BCUT2D eigenvalue weighted by molar-refractivity contribution is -0.154. The maximum absolute atomic E-state index is 12.5. The van der Waals surface area contributed by atoms with Crippen LogP contribution in [0.25, 0.3) is 0 Å². The molecule has 1 unspecified atom stereocenters. The standard InChI is InChI=1S/C10H10BrClF3N/c1-16-9(10(13,14)15)4-6-2-3-7(11)5-8(6)12/h2-3,5,9,16H,4H2,1H3. The number of halogens is 5. The summed E-state index contributed by atoms with van der Waals surface area (Å²) in [6.45, 7) is 0. The van der Waals surface area contributed by atoms with Gasteiger partial charge in [0.1, 0.15) is 6.04 Å². The summed E-state index contributed by atoms with van der Waals surface area (Å²) in [5.74, 6) is 0. The van der Waals surface area contributed by atoms with E-state index in [-0.39, 0.29) is 6.42 Å². The van der Waals surface area contributed by atoms with E-state index >= 15 is 0 Å². The second-order valence-electron chi connectivity index (χ2n) is 3.32. The van der Waals surface area contributed by atoms with Gasteiger partial charge in [-0.1, -0.05) is 33.6 Å². The summed E-state index contributed by atoms with van der Waals surface area (Å²) < 4.78 is 38.3. The van der Waals surface area contributed by atoms with E-state index in [0.29, 0.717) is 10.6 Å². The number of likely N-dealkylation sites (N-methyl/N-ethyl adjacent to an activating group) is 1. The summed E-state index contributed by atoms with van der Waals surface area (Å²) in [4.78, 5) is 0. The Kier molecular flexibility index (Phi) is 4.64. The average Bonchev–Trinajstić information content (AvgIpc) is 2.14. The minimum Gasteiger partial charge on any atom is -0.309 e. The third-order valence-corrected chi connectivity index (χ3v) is 3.03. The lowest BCUT2D eigenvalue weighted by Gasteiger charge is -2.20. The van der Waals surface area contributed by atoms with Crippen LogP contribution in [-0.4, -0.2) is 19.3 Å². The van der Waals surface area contributed by atoms with Gasteiger partial charge >= 0.3 is 6.18 Å². The van der Waals surface area contributed by atoms with Crippen LogP contribution in [0, 0.1) is 0 Å². The summed E-state index contributed by atoms with van der Waals surface area (Å²) in [5.41, 5.74) is 0.474. The van der Waals surface area contributed by atoms with Gasteiger partial charge in [-0.2, -0.15) is 13.2 Å². The Balaban J connectivity index is 2.86. The van der Waals surface area contributed by atoms with Crippen molar-refractivity contribution in [2.45, 2.75) is 18.6 Å². The molecule has 0 saturated carbocycles. The highest BCUT2D eigenvalue weighted by atomic mass is 79.9. The van der Waals surface area contributed by atoms with Crippen LogP contribution in [0.3, 0.4) is 0 Å². The Morgan fingerprint density at radius 1 is 1.44 bits per heavy atom. The molecule has 1 N–H and O–H groups in total. The molecule has 6 heteroatoms. The zero-order chi connectivity index (χ0) is 12.3. The Bertz CT molecular complexity index is 368. The lowest BCUT2D eigenvalue weighted by Crippen LogP contribution is -2.41. The second kappa shape index (κ2) is 5.38. The lowest BCUT2D eigenvalue weighted by atomic mass is 10.1. The fourth-order valence-corrected chi connectivity index (χ4v) is 2.04. The van der Waals surface area contributed by atoms with Gasteiger partial charge in [0.05, 0.1) is 0 Å². The minimum absolute atomic E-state index is 0.174. The second-order valence-corrected chi connectivity index (χ2v) is 4.65. The molecule has 0 aromatic heterocycles. The number of rotatable bonds is 3. The molecular formula is C10H10BrClF3N. The van der Waals surface area contributed by atoms with E-state index in [1.54, 1.807) is 18.2 Å². The molecule has 1 atom stereocenters. The van der Waals surface area contributed by atoms with Crippen LogP contribution in [0.5, 0.6) is 0 Å². The summed E-state index contributed by atoms with van der Waals surface area (Å²) in [5, 5.41) is 2.57. The molecule has 0 bridgehead atoms. The largest absolute Gasteiger partial charge is 0.404 e. The summed E-state index contributed by atoms with van der Waals surface area (Å²) in [6, 6.07) is 3.26. The molecule has 0 saturated heterocycles. The molecular weight excluding hydrogens is 306 g/mol. The Morgan fingerprint density at radius 2 is 2.06 bits per heavy atom. The number of alkyl halides is 3. The van der Waals surface area contributed by atoms with Crippen LogP contribution in [0.15, 0.2) is 22.7 Å². The van der Waals surface area contributed by atoms with Gasteiger partial charge in [0, 0.05) is 9.50 Å². The van der Waals surface area contributed by atoms with Gasteiger partial charge in [0.2, 0.25) is 0 Å². The van der Waals surface area contributed by atoms with Crippen LogP contribution in [-0.2, 0) is 6.42 Å². The maximum atomic E-state index is 12.5. The molecule has 1 aromatic rings. The molecule has 1 nitrogen and oxygen atoms in total. The highest BCUT2D eigenvalue weighted by molar-refractivity contribution is 9.10. The third-order valence-electron chi connectivity index (χ3n) is 2.18. The predicted molar refractivity (Wildman–Crippen MR) is 61.8 cm³/mol. The van der Waals surface area contributed by atoms with Gasteiger partial charge in [-0.3, -0.25) is 0 Å². The number of benzene rings is 1. The quantitative estimate of drug-likeness (QED) is 0.894. The Morgan fingerprint density at radius 3 is 2.50 bits per heavy atom. The van der Waals surface area contributed by atoms with Crippen molar-refractivity contribution >= 4 is 27.5 Å². The normalized spacial score (nSPS) is 13.9. The summed E-state index contributed by atoms with van der Waals surface area (Å²) >= 11 is 9.05. The van der Waals surface area contributed by atoms with Crippen molar-refractivity contribution in [2.24, 2.45) is 0 Å². The minimum atomic E-state index is -4.27. The molecule has 0 aliphatic heterocycles. The van der Waals surface area contributed by atoms with Crippen molar-refractivity contribution < 1.29 is 13.2 Å². The summed E-state index contributed by atoms with van der Waals surface area (Å²) in [7, 11) is 1.28. The highest BCUT2D eigenvalue weighted by Crippen LogP contribution is 2.27. The number of hydrogen-bond acceptors (Lipinski definition) is 1. The zero-order valence-corrected chi connectivity index (χ0v) is 10.7. The van der Waals surface area contributed by atoms with Crippen LogP contribution in [0.2, 0.25) is 5.02 Å². The van der Waals surface area contributed by atoms with Gasteiger partial charge < -0.3 is 5.32 Å². The van der Waals surface area contributed by atoms with Crippen molar-refractivity contribution in [1.82, 2.24) is 5.32 Å². The van der Waals surface area contributed by atoms with E-state index in [1.807, 2.05) is 0 Å². The molecule has 16 heavy (non-hydrogen) atoms. The van der Waals surface area contributed by atoms with Crippen LogP contribution in [0.1, 0.15) is 5.56 Å². The van der Waals surface area contributed by atoms with Gasteiger partial charge in [0.15, 0.2) is 0 Å². The zero-order valence-electron chi connectivity index (χ0n) is 8.41. The summed E-state index contributed by atoms with van der Waals surface area (Å²) in [6.07, 6.45) is -4.45. The molecule has 0 spiro atoms. The molecule has 0 aliphatic carbocycles. The first kappa shape index (κ1) is 13.8. The average molecular weight is 317 g/mol. The topological polar surface area (TPSA) is 12.0 Å². The van der Waals surface area contributed by atoms with E-state index in [1.165, 1.54) is 7.05 Å². The molecule has 0 radical (unpaired) electrons. The van der Waals surface area contributed by atoms with Crippen molar-refractivity contribution in [3.63, 3.8) is 0 Å². The molecule has 90 valence electrons. The highest BCUT2D eigenvalue weighted by Gasteiger charge is 2.38. The number of nitrogens with one attached hydrogen (secondary N) is 1. The van der Waals surface area contributed by atoms with Crippen LogP contribution < -0.4 is 5.32 Å². The van der Waals surface area contributed by atoms with Crippen LogP contribution in [0.4, 0.5) is 13.2 Å². The fourth-order valence-electron chi connectivity index (χ4n) is 1.29. The fraction of sp³-hybridized carbons (Fsp3) is 0.400. The molecule has 1 rings (SSSR count). The van der Waals surface area contributed by atoms with Crippen molar-refractivity contribution in [2.75, 3.05) is 7.05 Å². The molecule has 0 heterocycles. The molecule has 0 aliphatic rings. The third kappa shape index (κ3) is 3.64. The van der Waals surface area contributed by atoms with E-state index in [2.05, 4.69) is 21.2 Å². The smallest absolute Gasteiger partial charge is 0.309 e. The maximum Gasteiger partial charge on any atom is 0.404 e. The van der Waals surface area contributed by atoms with Crippen molar-refractivity contribution in [3.8, 4) is 0 Å². The van der Waals surface area contributed by atoms with E-state index in [4.69, 9.17) is 11.6 Å². The van der Waals surface area contributed by atoms with Gasteiger partial charge in [-0.25, -0.2) is 0 Å². The van der Waals surface area contributed by atoms with Gasteiger partial charge in [-0.15, -0.1) is 0 Å². The predicted octanol–water partition coefficient (Wildman–Crippen LogP) is 3.80.